The Kier molecular flexibility index (Phi) is 4.73. The summed E-state index contributed by atoms with van der Waals surface area (Å²) in [5.74, 6) is 2.23. The molecule has 6 rings (SSSR count). The van der Waals surface area contributed by atoms with Gasteiger partial charge in [0, 0.05) is 5.41 Å². The Balaban J connectivity index is 1.41. The maximum Gasteiger partial charge on any atom is 0.148 e. The molecule has 5 saturated carbocycles. The summed E-state index contributed by atoms with van der Waals surface area (Å²) in [5.41, 5.74) is 0.980. The van der Waals surface area contributed by atoms with E-state index in [-0.39, 0.29) is 22.0 Å². The van der Waals surface area contributed by atoms with E-state index in [9.17, 15) is 9.59 Å². The van der Waals surface area contributed by atoms with Gasteiger partial charge >= 0.3 is 0 Å². The molecule has 34 heavy (non-hydrogen) atoms. The highest BCUT2D eigenvalue weighted by Crippen LogP contribution is 2.78. The Morgan fingerprint density at radius 1 is 0.824 bits per heavy atom. The maximum atomic E-state index is 13.3. The number of hydrogen-bond acceptors (Lipinski definition) is 3. The van der Waals surface area contributed by atoms with Crippen LogP contribution < -0.4 is 0 Å². The van der Waals surface area contributed by atoms with Crippen molar-refractivity contribution in [2.75, 3.05) is 6.61 Å². The second-order valence-corrected chi connectivity index (χ2v) is 15.8. The molecule has 0 aromatic heterocycles. The largest absolute Gasteiger partial charge is 0.377 e. The summed E-state index contributed by atoms with van der Waals surface area (Å²) < 4.78 is 6.69. The lowest BCUT2D eigenvalue weighted by Crippen LogP contribution is -2.68. The SMILES string of the molecule is CC1(C)CC[C@]23CC[C@]4(C)[C@H](CC[C@@H]5[C@@]6(C)CC(C=O)C(=O)C(C)(C)[C@@H]6CC[C@]54C)C2C1OC3. The summed E-state index contributed by atoms with van der Waals surface area (Å²) in [5, 5.41) is 0. The minimum atomic E-state index is -0.415. The van der Waals surface area contributed by atoms with Gasteiger partial charge in [0.15, 0.2) is 0 Å². The molecule has 2 bridgehead atoms. The fourth-order valence-electron chi connectivity index (χ4n) is 12.1. The Bertz CT molecular complexity index is 920. The third-order valence-electron chi connectivity index (χ3n) is 14.1. The van der Waals surface area contributed by atoms with E-state index in [1.165, 1.54) is 44.9 Å². The number of carbonyl (C=O) groups is 2. The standard InChI is InChI=1S/C31H48O3/c1-26(2)12-14-31-15-13-29(6)20(23(31)25(26)34-18-31)8-9-22-28(5)16-19(17-32)24(33)27(3,4)21(28)10-11-30(22,29)7/h17,19-23,25H,8-16,18H2,1-7H3/t19?,20-,21+,22-,23?,25?,28+,29-,30-,31-/m1/s1. The highest BCUT2D eigenvalue weighted by atomic mass is 16.5. The van der Waals surface area contributed by atoms with Crippen molar-refractivity contribution in [2.24, 2.45) is 62.1 Å². The first-order valence-electron chi connectivity index (χ1n) is 14.4. The van der Waals surface area contributed by atoms with Crippen LogP contribution in [0.1, 0.15) is 106 Å². The molecule has 0 amide bonds. The van der Waals surface area contributed by atoms with Gasteiger partial charge in [-0.3, -0.25) is 4.79 Å². The molecular weight excluding hydrogens is 420 g/mol. The molecule has 0 spiro atoms. The number of ketones is 1. The lowest BCUT2D eigenvalue weighted by molar-refractivity contribution is -0.242. The van der Waals surface area contributed by atoms with Gasteiger partial charge in [0.05, 0.1) is 18.6 Å². The number of aldehydes is 1. The van der Waals surface area contributed by atoms with Crippen LogP contribution in [0, 0.1) is 62.1 Å². The van der Waals surface area contributed by atoms with Crippen LogP contribution in [-0.2, 0) is 14.3 Å². The quantitative estimate of drug-likeness (QED) is 0.311. The number of hydrogen-bond donors (Lipinski definition) is 0. The normalized spacial score (nSPS) is 57.1. The topological polar surface area (TPSA) is 43.4 Å². The average Bonchev–Trinajstić information content (AvgIpc) is 3.10. The predicted octanol–water partition coefficient (Wildman–Crippen LogP) is 6.87. The van der Waals surface area contributed by atoms with Crippen LogP contribution in [-0.4, -0.2) is 24.8 Å². The van der Waals surface area contributed by atoms with Crippen molar-refractivity contribution in [3.05, 3.63) is 0 Å². The number of carbonyl (C=O) groups excluding carboxylic acids is 2. The second kappa shape index (κ2) is 6.78. The van der Waals surface area contributed by atoms with Gasteiger partial charge in [0.25, 0.3) is 0 Å². The molecule has 0 aromatic rings. The van der Waals surface area contributed by atoms with E-state index in [0.717, 1.165) is 31.7 Å². The van der Waals surface area contributed by atoms with Crippen LogP contribution >= 0.6 is 0 Å². The molecule has 1 aliphatic heterocycles. The fraction of sp³-hybridized carbons (Fsp3) is 0.935. The van der Waals surface area contributed by atoms with Crippen LogP contribution in [0.5, 0.6) is 0 Å². The maximum absolute atomic E-state index is 13.3. The van der Waals surface area contributed by atoms with E-state index in [2.05, 4.69) is 48.5 Å². The van der Waals surface area contributed by atoms with E-state index < -0.39 is 11.3 Å². The van der Waals surface area contributed by atoms with E-state index >= 15 is 0 Å². The number of Topliss-reactive ketones (excluding diaryl/α,β-unsaturated/α-hetero) is 1. The lowest BCUT2D eigenvalue weighted by atomic mass is 9.31. The number of rotatable bonds is 1. The summed E-state index contributed by atoms with van der Waals surface area (Å²) in [6.07, 6.45) is 12.4. The van der Waals surface area contributed by atoms with Crippen molar-refractivity contribution < 1.29 is 14.3 Å². The molecule has 6 aliphatic rings. The summed E-state index contributed by atoms with van der Waals surface area (Å²) in [7, 11) is 0. The molecule has 3 unspecified atom stereocenters. The molecule has 6 fully saturated rings. The molecule has 1 saturated heterocycles. The minimum Gasteiger partial charge on any atom is -0.377 e. The van der Waals surface area contributed by atoms with Crippen LogP contribution in [0.2, 0.25) is 0 Å². The van der Waals surface area contributed by atoms with Crippen LogP contribution in [0.15, 0.2) is 0 Å². The average molecular weight is 469 g/mol. The Morgan fingerprint density at radius 2 is 1.53 bits per heavy atom. The summed E-state index contributed by atoms with van der Waals surface area (Å²) >= 11 is 0. The molecule has 10 atom stereocenters. The minimum absolute atomic E-state index is 0.0699. The first-order chi connectivity index (χ1) is 15.8. The molecule has 190 valence electrons. The molecular formula is C31H48O3. The molecule has 3 nitrogen and oxygen atoms in total. The molecule has 5 aliphatic carbocycles. The lowest BCUT2D eigenvalue weighted by Gasteiger charge is -2.73. The van der Waals surface area contributed by atoms with Gasteiger partial charge in [0.1, 0.15) is 12.1 Å². The number of fused-ring (bicyclic) bond motifs is 5. The smallest absolute Gasteiger partial charge is 0.148 e. The van der Waals surface area contributed by atoms with Gasteiger partial charge in [-0.2, -0.15) is 0 Å². The highest BCUT2D eigenvalue weighted by molar-refractivity contribution is 5.97. The Hall–Kier alpha value is -0.700. The summed E-state index contributed by atoms with van der Waals surface area (Å²) in [6, 6.07) is 0. The van der Waals surface area contributed by atoms with Crippen LogP contribution in [0.3, 0.4) is 0 Å². The van der Waals surface area contributed by atoms with Crippen molar-refractivity contribution in [3.8, 4) is 0 Å². The zero-order valence-corrected chi connectivity index (χ0v) is 22.8. The van der Waals surface area contributed by atoms with Crippen molar-refractivity contribution >= 4 is 12.1 Å². The first-order valence-corrected chi connectivity index (χ1v) is 14.4. The van der Waals surface area contributed by atoms with E-state index in [1.807, 2.05) is 0 Å². The van der Waals surface area contributed by atoms with Gasteiger partial charge in [0.2, 0.25) is 0 Å². The van der Waals surface area contributed by atoms with Gasteiger partial charge in [-0.15, -0.1) is 0 Å². The van der Waals surface area contributed by atoms with E-state index in [4.69, 9.17) is 4.74 Å². The van der Waals surface area contributed by atoms with Gasteiger partial charge in [-0.25, -0.2) is 0 Å². The number of ether oxygens (including phenoxy) is 1. The first kappa shape index (κ1) is 23.7. The van der Waals surface area contributed by atoms with Crippen molar-refractivity contribution in [1.82, 2.24) is 0 Å². The van der Waals surface area contributed by atoms with E-state index in [1.54, 1.807) is 0 Å². The Morgan fingerprint density at radius 3 is 2.24 bits per heavy atom. The molecule has 3 heteroatoms. The fourth-order valence-corrected chi connectivity index (χ4v) is 12.1. The van der Waals surface area contributed by atoms with Crippen LogP contribution in [0.25, 0.3) is 0 Å². The van der Waals surface area contributed by atoms with Crippen molar-refractivity contribution in [1.29, 1.82) is 0 Å². The van der Waals surface area contributed by atoms with E-state index in [0.29, 0.717) is 34.7 Å². The highest BCUT2D eigenvalue weighted by Gasteiger charge is 2.73. The van der Waals surface area contributed by atoms with Gasteiger partial charge < -0.3 is 9.53 Å². The third-order valence-corrected chi connectivity index (χ3v) is 14.1. The van der Waals surface area contributed by atoms with Gasteiger partial charge in [-0.1, -0.05) is 48.5 Å². The molecule has 0 aromatic carbocycles. The zero-order valence-electron chi connectivity index (χ0n) is 22.8. The summed E-state index contributed by atoms with van der Waals surface area (Å²) in [4.78, 5) is 25.3. The van der Waals surface area contributed by atoms with Crippen LogP contribution in [0.4, 0.5) is 0 Å². The van der Waals surface area contributed by atoms with Crippen molar-refractivity contribution in [2.45, 2.75) is 112 Å². The van der Waals surface area contributed by atoms with Gasteiger partial charge in [-0.05, 0) is 109 Å². The molecule has 0 radical (unpaired) electrons. The molecule has 0 N–H and O–H groups in total. The monoisotopic (exact) mass is 468 g/mol. The molecule has 1 heterocycles. The second-order valence-electron chi connectivity index (χ2n) is 15.8. The Labute approximate surface area is 207 Å². The van der Waals surface area contributed by atoms with Crippen molar-refractivity contribution in [3.63, 3.8) is 0 Å². The third kappa shape index (κ3) is 2.54. The zero-order chi connectivity index (χ0) is 24.5. The predicted molar refractivity (Wildman–Crippen MR) is 134 cm³/mol. The summed E-state index contributed by atoms with van der Waals surface area (Å²) in [6.45, 7) is 18.0.